The summed E-state index contributed by atoms with van der Waals surface area (Å²) in [6, 6.07) is 1.58. The van der Waals surface area contributed by atoms with Gasteiger partial charge in [-0.05, 0) is 32.9 Å². The fourth-order valence-electron chi connectivity index (χ4n) is 2.27. The number of piperidine rings is 1. The molecule has 0 radical (unpaired) electrons. The largest absolute Gasteiger partial charge is 0.368 e. The molecule has 1 aliphatic rings. The van der Waals surface area contributed by atoms with Gasteiger partial charge in [0.25, 0.3) is 5.91 Å². The van der Waals surface area contributed by atoms with E-state index in [0.717, 1.165) is 25.9 Å². The van der Waals surface area contributed by atoms with Crippen molar-refractivity contribution in [2.75, 3.05) is 19.6 Å². The summed E-state index contributed by atoms with van der Waals surface area (Å²) < 4.78 is 4.90. The maximum atomic E-state index is 12.4. The zero-order valence-electron chi connectivity index (χ0n) is 10.9. The number of carbonyl (C=O) groups excluding carboxylic acids is 2. The number of aromatic nitrogens is 1. The van der Waals surface area contributed by atoms with Crippen LogP contribution in [-0.4, -0.2) is 47.5 Å². The minimum absolute atomic E-state index is 0.0123. The van der Waals surface area contributed by atoms with Crippen LogP contribution >= 0.6 is 0 Å². The summed E-state index contributed by atoms with van der Waals surface area (Å²) >= 11 is 0. The standard InChI is InChI=1S/C12H18N4O3/c1-8-6-10(15-19-8)12(18)16(7-11(13)17)9-2-4-14-5-3-9/h6,9,14H,2-5,7H2,1H3,(H2,13,17). The van der Waals surface area contributed by atoms with Gasteiger partial charge in [-0.3, -0.25) is 9.59 Å². The highest BCUT2D eigenvalue weighted by molar-refractivity contribution is 5.94. The van der Waals surface area contributed by atoms with Crippen LogP contribution in [0.4, 0.5) is 0 Å². The summed E-state index contributed by atoms with van der Waals surface area (Å²) in [5, 5.41) is 6.92. The van der Waals surface area contributed by atoms with Gasteiger partial charge >= 0.3 is 0 Å². The van der Waals surface area contributed by atoms with E-state index in [4.69, 9.17) is 10.3 Å². The Kier molecular flexibility index (Phi) is 4.16. The van der Waals surface area contributed by atoms with Crippen molar-refractivity contribution in [3.8, 4) is 0 Å². The Morgan fingerprint density at radius 2 is 2.21 bits per heavy atom. The van der Waals surface area contributed by atoms with Crippen LogP contribution in [-0.2, 0) is 4.79 Å². The molecule has 1 fully saturated rings. The number of nitrogens with zero attached hydrogens (tertiary/aromatic N) is 2. The zero-order valence-corrected chi connectivity index (χ0v) is 10.9. The van der Waals surface area contributed by atoms with E-state index < -0.39 is 5.91 Å². The van der Waals surface area contributed by atoms with Crippen molar-refractivity contribution in [1.82, 2.24) is 15.4 Å². The second-order valence-corrected chi connectivity index (χ2v) is 4.70. The number of nitrogens with two attached hydrogens (primary N) is 1. The first-order valence-corrected chi connectivity index (χ1v) is 6.31. The number of nitrogens with one attached hydrogen (secondary N) is 1. The van der Waals surface area contributed by atoms with Gasteiger partial charge in [-0.15, -0.1) is 0 Å². The molecule has 2 amide bonds. The summed E-state index contributed by atoms with van der Waals surface area (Å²) in [4.78, 5) is 25.0. The number of amides is 2. The van der Waals surface area contributed by atoms with Crippen LogP contribution in [0.15, 0.2) is 10.6 Å². The molecule has 1 saturated heterocycles. The van der Waals surface area contributed by atoms with Crippen LogP contribution in [0.1, 0.15) is 29.1 Å². The molecule has 0 atom stereocenters. The van der Waals surface area contributed by atoms with Crippen LogP contribution in [0, 0.1) is 6.92 Å². The lowest BCUT2D eigenvalue weighted by Gasteiger charge is -2.33. The van der Waals surface area contributed by atoms with E-state index in [-0.39, 0.29) is 24.2 Å². The normalized spacial score (nSPS) is 16.3. The van der Waals surface area contributed by atoms with Crippen LogP contribution in [0.25, 0.3) is 0 Å². The lowest BCUT2D eigenvalue weighted by Crippen LogP contribution is -2.49. The molecule has 0 saturated carbocycles. The zero-order chi connectivity index (χ0) is 13.8. The highest BCUT2D eigenvalue weighted by Crippen LogP contribution is 2.15. The third-order valence-electron chi connectivity index (χ3n) is 3.18. The van der Waals surface area contributed by atoms with Crippen molar-refractivity contribution in [3.63, 3.8) is 0 Å². The molecule has 1 aromatic heterocycles. The van der Waals surface area contributed by atoms with Gasteiger partial charge in [0.05, 0.1) is 6.54 Å². The molecule has 1 aromatic rings. The molecule has 0 aromatic carbocycles. The summed E-state index contributed by atoms with van der Waals surface area (Å²) in [7, 11) is 0. The van der Waals surface area contributed by atoms with Gasteiger partial charge in [0.1, 0.15) is 5.76 Å². The average Bonchev–Trinajstić information content (AvgIpc) is 2.83. The third-order valence-corrected chi connectivity index (χ3v) is 3.18. The molecule has 0 unspecified atom stereocenters. The minimum Gasteiger partial charge on any atom is -0.368 e. The fraction of sp³-hybridized carbons (Fsp3) is 0.583. The Balaban J connectivity index is 2.16. The van der Waals surface area contributed by atoms with E-state index in [1.807, 2.05) is 0 Å². The predicted octanol–water partition coefficient (Wildman–Crippen LogP) is -0.337. The molecule has 0 aliphatic carbocycles. The number of aryl methyl sites for hydroxylation is 1. The van der Waals surface area contributed by atoms with Gasteiger partial charge in [0.2, 0.25) is 5.91 Å². The van der Waals surface area contributed by atoms with E-state index in [1.54, 1.807) is 13.0 Å². The van der Waals surface area contributed by atoms with Crippen LogP contribution in [0.5, 0.6) is 0 Å². The predicted molar refractivity (Wildman–Crippen MR) is 67.4 cm³/mol. The SMILES string of the molecule is Cc1cc(C(=O)N(CC(N)=O)C2CCNCC2)no1. The number of carbonyl (C=O) groups is 2. The van der Waals surface area contributed by atoms with E-state index in [9.17, 15) is 9.59 Å². The van der Waals surface area contributed by atoms with Crippen molar-refractivity contribution in [3.05, 3.63) is 17.5 Å². The molecule has 0 spiro atoms. The van der Waals surface area contributed by atoms with Gasteiger partial charge in [-0.2, -0.15) is 0 Å². The Morgan fingerprint density at radius 3 is 2.74 bits per heavy atom. The molecule has 1 aliphatic heterocycles. The molecule has 7 heteroatoms. The van der Waals surface area contributed by atoms with Crippen molar-refractivity contribution < 1.29 is 14.1 Å². The Bertz CT molecular complexity index is 465. The molecular weight excluding hydrogens is 248 g/mol. The Hall–Kier alpha value is -1.89. The molecule has 2 heterocycles. The maximum absolute atomic E-state index is 12.4. The van der Waals surface area contributed by atoms with Gasteiger partial charge in [-0.1, -0.05) is 5.16 Å². The van der Waals surface area contributed by atoms with Gasteiger partial charge in [-0.25, -0.2) is 0 Å². The van der Waals surface area contributed by atoms with E-state index in [0.29, 0.717) is 5.76 Å². The fourth-order valence-corrected chi connectivity index (χ4v) is 2.27. The van der Waals surface area contributed by atoms with E-state index in [1.165, 1.54) is 4.90 Å². The van der Waals surface area contributed by atoms with Crippen molar-refractivity contribution in [1.29, 1.82) is 0 Å². The Labute approximate surface area is 111 Å². The third kappa shape index (κ3) is 3.31. The topological polar surface area (TPSA) is 101 Å². The summed E-state index contributed by atoms with van der Waals surface area (Å²) in [5.41, 5.74) is 5.45. The molecule has 3 N–H and O–H groups in total. The molecule has 7 nitrogen and oxygen atoms in total. The first-order chi connectivity index (χ1) is 9.08. The van der Waals surface area contributed by atoms with Crippen LogP contribution < -0.4 is 11.1 Å². The second kappa shape index (κ2) is 5.83. The first-order valence-electron chi connectivity index (χ1n) is 6.31. The van der Waals surface area contributed by atoms with Gasteiger partial charge < -0.3 is 20.5 Å². The summed E-state index contributed by atoms with van der Waals surface area (Å²) in [6.07, 6.45) is 1.60. The van der Waals surface area contributed by atoms with Crippen molar-refractivity contribution in [2.45, 2.75) is 25.8 Å². The minimum atomic E-state index is -0.521. The molecule has 19 heavy (non-hydrogen) atoms. The highest BCUT2D eigenvalue weighted by atomic mass is 16.5. The lowest BCUT2D eigenvalue weighted by molar-refractivity contribution is -0.119. The molecule has 0 bridgehead atoms. The molecule has 2 rings (SSSR count). The van der Waals surface area contributed by atoms with Crippen molar-refractivity contribution in [2.24, 2.45) is 5.73 Å². The average molecular weight is 266 g/mol. The number of primary amides is 1. The smallest absolute Gasteiger partial charge is 0.276 e. The van der Waals surface area contributed by atoms with Gasteiger partial charge in [0.15, 0.2) is 5.69 Å². The summed E-state index contributed by atoms with van der Waals surface area (Å²) in [5.74, 6) is -0.262. The molecule has 104 valence electrons. The van der Waals surface area contributed by atoms with Crippen LogP contribution in [0.2, 0.25) is 0 Å². The van der Waals surface area contributed by atoms with Crippen molar-refractivity contribution >= 4 is 11.8 Å². The number of hydrogen-bond donors (Lipinski definition) is 2. The monoisotopic (exact) mass is 266 g/mol. The van der Waals surface area contributed by atoms with Crippen LogP contribution in [0.3, 0.4) is 0 Å². The molecular formula is C12H18N4O3. The van der Waals surface area contributed by atoms with E-state index in [2.05, 4.69) is 10.5 Å². The van der Waals surface area contributed by atoms with Gasteiger partial charge in [0, 0.05) is 12.1 Å². The van der Waals surface area contributed by atoms with E-state index >= 15 is 0 Å². The Morgan fingerprint density at radius 1 is 1.53 bits per heavy atom. The quantitative estimate of drug-likeness (QED) is 0.776. The maximum Gasteiger partial charge on any atom is 0.276 e. The first kappa shape index (κ1) is 13.5. The highest BCUT2D eigenvalue weighted by Gasteiger charge is 2.29. The lowest BCUT2D eigenvalue weighted by atomic mass is 10.0. The number of hydrogen-bond acceptors (Lipinski definition) is 5. The number of rotatable bonds is 4. The summed E-state index contributed by atoms with van der Waals surface area (Å²) in [6.45, 7) is 3.28. The second-order valence-electron chi connectivity index (χ2n) is 4.70.